The summed E-state index contributed by atoms with van der Waals surface area (Å²) in [7, 11) is 0. The fourth-order valence-corrected chi connectivity index (χ4v) is 3.66. The second-order valence-electron chi connectivity index (χ2n) is 6.99. The summed E-state index contributed by atoms with van der Waals surface area (Å²) in [6.07, 6.45) is 11.7. The summed E-state index contributed by atoms with van der Waals surface area (Å²) in [6.45, 7) is 8.27. The van der Waals surface area contributed by atoms with Crippen LogP contribution in [0.15, 0.2) is 24.5 Å². The largest absolute Gasteiger partial charge is 0.314 e. The van der Waals surface area contributed by atoms with E-state index < -0.39 is 0 Å². The van der Waals surface area contributed by atoms with Gasteiger partial charge in [-0.15, -0.1) is 0 Å². The summed E-state index contributed by atoms with van der Waals surface area (Å²) in [5.74, 6) is 2.65. The van der Waals surface area contributed by atoms with Gasteiger partial charge in [0.05, 0.1) is 0 Å². The fraction of sp³-hybridized carbons (Fsp3) is 0.737. The Morgan fingerprint density at radius 2 is 2.14 bits per heavy atom. The van der Waals surface area contributed by atoms with Crippen molar-refractivity contribution in [3.05, 3.63) is 30.1 Å². The normalized spacial score (nSPS) is 27.5. The summed E-state index contributed by atoms with van der Waals surface area (Å²) >= 11 is 0. The van der Waals surface area contributed by atoms with Crippen LogP contribution < -0.4 is 5.32 Å². The van der Waals surface area contributed by atoms with Crippen molar-refractivity contribution >= 4 is 0 Å². The van der Waals surface area contributed by atoms with Crippen LogP contribution in [0, 0.1) is 17.8 Å². The van der Waals surface area contributed by atoms with Gasteiger partial charge in [0.15, 0.2) is 0 Å². The molecule has 1 fully saturated rings. The minimum Gasteiger partial charge on any atom is -0.314 e. The third-order valence-electron chi connectivity index (χ3n) is 5.33. The van der Waals surface area contributed by atoms with Crippen LogP contribution in [0.3, 0.4) is 0 Å². The van der Waals surface area contributed by atoms with Crippen molar-refractivity contribution < 1.29 is 0 Å². The molecule has 0 aliphatic heterocycles. The predicted octanol–water partition coefficient (Wildman–Crippen LogP) is 4.45. The van der Waals surface area contributed by atoms with Crippen molar-refractivity contribution in [2.45, 2.75) is 65.3 Å². The molecule has 0 amide bonds. The molecule has 0 bridgehead atoms. The van der Waals surface area contributed by atoms with Crippen molar-refractivity contribution in [2.75, 3.05) is 6.54 Å². The number of nitrogens with one attached hydrogen (secondary N) is 1. The zero-order chi connectivity index (χ0) is 15.1. The van der Waals surface area contributed by atoms with Crippen LogP contribution in [0.4, 0.5) is 0 Å². The van der Waals surface area contributed by atoms with E-state index in [-0.39, 0.29) is 0 Å². The van der Waals surface area contributed by atoms with Crippen molar-refractivity contribution in [3.63, 3.8) is 0 Å². The molecule has 1 N–H and O–H groups in total. The van der Waals surface area contributed by atoms with Crippen LogP contribution in [0.25, 0.3) is 0 Å². The second kappa shape index (κ2) is 8.53. The molecule has 118 valence electrons. The highest BCUT2D eigenvalue weighted by atomic mass is 14.9. The van der Waals surface area contributed by atoms with Gasteiger partial charge in [-0.25, -0.2) is 0 Å². The molecule has 0 spiro atoms. The van der Waals surface area contributed by atoms with E-state index in [0.29, 0.717) is 6.04 Å². The Morgan fingerprint density at radius 3 is 2.81 bits per heavy atom. The first-order valence-corrected chi connectivity index (χ1v) is 8.83. The molecule has 0 saturated heterocycles. The molecule has 2 nitrogen and oxygen atoms in total. The molecule has 1 saturated carbocycles. The summed E-state index contributed by atoms with van der Waals surface area (Å²) in [5.41, 5.74) is 1.37. The third-order valence-corrected chi connectivity index (χ3v) is 5.33. The van der Waals surface area contributed by atoms with E-state index in [2.05, 4.69) is 37.1 Å². The van der Waals surface area contributed by atoms with Crippen molar-refractivity contribution in [1.82, 2.24) is 10.3 Å². The molecule has 0 radical (unpaired) electrons. The zero-order valence-electron chi connectivity index (χ0n) is 14.0. The number of pyridine rings is 1. The Bertz CT molecular complexity index is 390. The zero-order valence-corrected chi connectivity index (χ0v) is 14.0. The summed E-state index contributed by atoms with van der Waals surface area (Å²) < 4.78 is 0. The van der Waals surface area contributed by atoms with Gasteiger partial charge >= 0.3 is 0 Å². The Hall–Kier alpha value is -0.890. The van der Waals surface area contributed by atoms with E-state index in [0.717, 1.165) is 30.7 Å². The molecule has 4 atom stereocenters. The van der Waals surface area contributed by atoms with Crippen molar-refractivity contribution in [3.8, 4) is 0 Å². The van der Waals surface area contributed by atoms with Gasteiger partial charge in [0, 0.05) is 18.4 Å². The van der Waals surface area contributed by atoms with E-state index >= 15 is 0 Å². The van der Waals surface area contributed by atoms with Gasteiger partial charge < -0.3 is 5.32 Å². The Kier molecular flexibility index (Phi) is 6.69. The average Bonchev–Trinajstić information content (AvgIpc) is 2.51. The predicted molar refractivity (Wildman–Crippen MR) is 90.3 cm³/mol. The summed E-state index contributed by atoms with van der Waals surface area (Å²) in [5, 5.41) is 3.82. The molecule has 0 aromatic carbocycles. The third kappa shape index (κ3) is 5.10. The summed E-state index contributed by atoms with van der Waals surface area (Å²) in [6, 6.07) is 4.93. The molecule has 1 aromatic heterocycles. The monoisotopic (exact) mass is 288 g/mol. The number of aromatic nitrogens is 1. The van der Waals surface area contributed by atoms with E-state index in [1.807, 2.05) is 18.5 Å². The first-order valence-electron chi connectivity index (χ1n) is 8.83. The first-order chi connectivity index (χ1) is 10.2. The Balaban J connectivity index is 1.91. The molecule has 1 heterocycles. The van der Waals surface area contributed by atoms with Gasteiger partial charge in [-0.1, -0.05) is 33.3 Å². The molecule has 1 aromatic rings. The standard InChI is InChI=1S/C19H32N2/c1-4-11-21-19(10-8-17-6-5-12-20-14-17)18-9-7-15(2)16(3)13-18/h5-6,12,14-16,18-19,21H,4,7-11,13H2,1-3H3. The van der Waals surface area contributed by atoms with E-state index in [1.54, 1.807) is 0 Å². The maximum atomic E-state index is 4.24. The first kappa shape index (κ1) is 16.5. The molecule has 1 aliphatic carbocycles. The maximum Gasteiger partial charge on any atom is 0.0299 e. The number of aryl methyl sites for hydroxylation is 1. The SMILES string of the molecule is CCCNC(CCc1cccnc1)C1CCC(C)C(C)C1. The minimum absolute atomic E-state index is 0.681. The molecular formula is C19H32N2. The average molecular weight is 288 g/mol. The summed E-state index contributed by atoms with van der Waals surface area (Å²) in [4.78, 5) is 4.24. The van der Waals surface area contributed by atoms with E-state index in [4.69, 9.17) is 0 Å². The van der Waals surface area contributed by atoms with E-state index in [1.165, 1.54) is 37.7 Å². The van der Waals surface area contributed by atoms with Gasteiger partial charge in [0.2, 0.25) is 0 Å². The van der Waals surface area contributed by atoms with Gasteiger partial charge in [-0.05, 0) is 68.0 Å². The Labute approximate surface area is 130 Å². The molecule has 1 aliphatic rings. The lowest BCUT2D eigenvalue weighted by atomic mass is 9.72. The maximum absolute atomic E-state index is 4.24. The second-order valence-corrected chi connectivity index (χ2v) is 6.99. The molecular weight excluding hydrogens is 256 g/mol. The number of rotatable bonds is 7. The molecule has 2 rings (SSSR count). The lowest BCUT2D eigenvalue weighted by Crippen LogP contribution is -2.40. The van der Waals surface area contributed by atoms with Gasteiger partial charge in [-0.3, -0.25) is 4.98 Å². The smallest absolute Gasteiger partial charge is 0.0299 e. The highest BCUT2D eigenvalue weighted by Gasteiger charge is 2.29. The number of hydrogen-bond donors (Lipinski definition) is 1. The molecule has 2 heteroatoms. The highest BCUT2D eigenvalue weighted by Crippen LogP contribution is 2.36. The van der Waals surface area contributed by atoms with Crippen LogP contribution >= 0.6 is 0 Å². The lowest BCUT2D eigenvalue weighted by Gasteiger charge is -2.37. The van der Waals surface area contributed by atoms with Gasteiger partial charge in [0.25, 0.3) is 0 Å². The van der Waals surface area contributed by atoms with Crippen molar-refractivity contribution in [1.29, 1.82) is 0 Å². The van der Waals surface area contributed by atoms with Crippen molar-refractivity contribution in [2.24, 2.45) is 17.8 Å². The lowest BCUT2D eigenvalue weighted by molar-refractivity contribution is 0.166. The highest BCUT2D eigenvalue weighted by molar-refractivity contribution is 5.08. The van der Waals surface area contributed by atoms with Crippen LogP contribution in [-0.4, -0.2) is 17.6 Å². The fourth-order valence-electron chi connectivity index (χ4n) is 3.66. The topological polar surface area (TPSA) is 24.9 Å². The number of nitrogens with zero attached hydrogens (tertiary/aromatic N) is 1. The number of hydrogen-bond acceptors (Lipinski definition) is 2. The van der Waals surface area contributed by atoms with Crippen LogP contribution in [0.2, 0.25) is 0 Å². The quantitative estimate of drug-likeness (QED) is 0.801. The van der Waals surface area contributed by atoms with Crippen LogP contribution in [0.5, 0.6) is 0 Å². The van der Waals surface area contributed by atoms with E-state index in [9.17, 15) is 0 Å². The van der Waals surface area contributed by atoms with Gasteiger partial charge in [0.1, 0.15) is 0 Å². The molecule has 4 unspecified atom stereocenters. The van der Waals surface area contributed by atoms with Gasteiger partial charge in [-0.2, -0.15) is 0 Å². The Morgan fingerprint density at radius 1 is 1.29 bits per heavy atom. The van der Waals surface area contributed by atoms with Crippen LogP contribution in [-0.2, 0) is 6.42 Å². The van der Waals surface area contributed by atoms with Crippen LogP contribution in [0.1, 0.15) is 58.4 Å². The molecule has 21 heavy (non-hydrogen) atoms. The minimum atomic E-state index is 0.681.